The normalized spacial score (nSPS) is 15.3. The third kappa shape index (κ3) is 3.29. The molecular formula is C15H25N3O2. The molecule has 0 aliphatic carbocycles. The number of rotatable bonds is 6. The van der Waals surface area contributed by atoms with Crippen LogP contribution in [0.4, 0.5) is 0 Å². The van der Waals surface area contributed by atoms with Gasteiger partial charge in [0, 0.05) is 57.5 Å². The van der Waals surface area contributed by atoms with E-state index in [4.69, 9.17) is 4.74 Å². The SMILES string of the molecule is CCn1c2c(cc(CNCCOC)c1=O)CN(C)CC2. The van der Waals surface area contributed by atoms with Crippen molar-refractivity contribution >= 4 is 0 Å². The predicted octanol–water partition coefficient (Wildman–Crippen LogP) is 0.592. The van der Waals surface area contributed by atoms with Crippen molar-refractivity contribution in [3.63, 3.8) is 0 Å². The van der Waals surface area contributed by atoms with Gasteiger partial charge in [-0.25, -0.2) is 0 Å². The molecule has 2 rings (SSSR count). The van der Waals surface area contributed by atoms with E-state index in [1.807, 2.05) is 11.5 Å². The molecule has 0 saturated carbocycles. The van der Waals surface area contributed by atoms with Crippen molar-refractivity contribution in [3.8, 4) is 0 Å². The number of nitrogens with zero attached hydrogens (tertiary/aromatic N) is 2. The van der Waals surface area contributed by atoms with Crippen LogP contribution in [0, 0.1) is 0 Å². The number of methoxy groups -OCH3 is 1. The molecule has 0 spiro atoms. The van der Waals surface area contributed by atoms with Crippen LogP contribution in [0.5, 0.6) is 0 Å². The first kappa shape index (κ1) is 15.2. The number of ether oxygens (including phenoxy) is 1. The lowest BCUT2D eigenvalue weighted by Gasteiger charge is -2.28. The topological polar surface area (TPSA) is 46.5 Å². The number of hydrogen-bond donors (Lipinski definition) is 1. The molecule has 0 atom stereocenters. The van der Waals surface area contributed by atoms with Gasteiger partial charge in [0.2, 0.25) is 0 Å². The molecule has 1 aliphatic rings. The first-order chi connectivity index (χ1) is 9.67. The van der Waals surface area contributed by atoms with Crippen LogP contribution in [0.1, 0.15) is 23.7 Å². The fourth-order valence-corrected chi connectivity index (χ4v) is 2.78. The molecule has 1 aromatic heterocycles. The summed E-state index contributed by atoms with van der Waals surface area (Å²) in [6.45, 7) is 6.78. The molecular weight excluding hydrogens is 254 g/mol. The second-order valence-electron chi connectivity index (χ2n) is 5.35. The minimum Gasteiger partial charge on any atom is -0.383 e. The Bertz CT molecular complexity index is 511. The Morgan fingerprint density at radius 1 is 1.45 bits per heavy atom. The Kier molecular flexibility index (Phi) is 5.34. The van der Waals surface area contributed by atoms with E-state index >= 15 is 0 Å². The van der Waals surface area contributed by atoms with E-state index in [0.29, 0.717) is 13.2 Å². The van der Waals surface area contributed by atoms with Crippen molar-refractivity contribution in [2.24, 2.45) is 0 Å². The van der Waals surface area contributed by atoms with Crippen LogP contribution in [0.2, 0.25) is 0 Å². The van der Waals surface area contributed by atoms with Crippen molar-refractivity contribution in [2.45, 2.75) is 33.0 Å². The number of pyridine rings is 1. The molecule has 1 aromatic rings. The summed E-state index contributed by atoms with van der Waals surface area (Å²) in [6.07, 6.45) is 0.965. The smallest absolute Gasteiger partial charge is 0.255 e. The Morgan fingerprint density at radius 2 is 2.25 bits per heavy atom. The van der Waals surface area contributed by atoms with Gasteiger partial charge >= 0.3 is 0 Å². The summed E-state index contributed by atoms with van der Waals surface area (Å²) in [4.78, 5) is 14.8. The Balaban J connectivity index is 2.24. The van der Waals surface area contributed by atoms with Crippen LogP contribution >= 0.6 is 0 Å². The van der Waals surface area contributed by atoms with Gasteiger partial charge in [-0.2, -0.15) is 0 Å². The summed E-state index contributed by atoms with van der Waals surface area (Å²) in [6, 6.07) is 2.08. The lowest BCUT2D eigenvalue weighted by Crippen LogP contribution is -2.36. The van der Waals surface area contributed by atoms with E-state index in [1.165, 1.54) is 11.3 Å². The van der Waals surface area contributed by atoms with Gasteiger partial charge < -0.3 is 19.5 Å². The molecule has 0 fully saturated rings. The van der Waals surface area contributed by atoms with Gasteiger partial charge in [0.1, 0.15) is 0 Å². The second-order valence-corrected chi connectivity index (χ2v) is 5.35. The van der Waals surface area contributed by atoms with Gasteiger partial charge in [-0.1, -0.05) is 0 Å². The highest BCUT2D eigenvalue weighted by Gasteiger charge is 2.19. The Labute approximate surface area is 120 Å². The highest BCUT2D eigenvalue weighted by Crippen LogP contribution is 2.17. The Morgan fingerprint density at radius 3 is 2.95 bits per heavy atom. The van der Waals surface area contributed by atoms with Gasteiger partial charge in [0.25, 0.3) is 5.56 Å². The van der Waals surface area contributed by atoms with Gasteiger partial charge in [0.05, 0.1) is 6.61 Å². The van der Waals surface area contributed by atoms with E-state index in [9.17, 15) is 4.79 Å². The van der Waals surface area contributed by atoms with Crippen molar-refractivity contribution < 1.29 is 4.74 Å². The monoisotopic (exact) mass is 279 g/mol. The molecule has 0 amide bonds. The van der Waals surface area contributed by atoms with Crippen LogP contribution in [0.15, 0.2) is 10.9 Å². The van der Waals surface area contributed by atoms with Crippen LogP contribution in [0.25, 0.3) is 0 Å². The fourth-order valence-electron chi connectivity index (χ4n) is 2.78. The van der Waals surface area contributed by atoms with E-state index in [-0.39, 0.29) is 5.56 Å². The predicted molar refractivity (Wildman–Crippen MR) is 80.0 cm³/mol. The second kappa shape index (κ2) is 7.02. The molecule has 1 aliphatic heterocycles. The molecule has 5 nitrogen and oxygen atoms in total. The molecule has 0 aromatic carbocycles. The summed E-state index contributed by atoms with van der Waals surface area (Å²) in [5, 5.41) is 3.26. The summed E-state index contributed by atoms with van der Waals surface area (Å²) in [5.74, 6) is 0. The number of hydrogen-bond acceptors (Lipinski definition) is 4. The number of fused-ring (bicyclic) bond motifs is 1. The van der Waals surface area contributed by atoms with Gasteiger partial charge in [-0.05, 0) is 25.6 Å². The first-order valence-corrected chi connectivity index (χ1v) is 7.30. The summed E-state index contributed by atoms with van der Waals surface area (Å²) >= 11 is 0. The molecule has 1 N–H and O–H groups in total. The van der Waals surface area contributed by atoms with E-state index in [2.05, 4.69) is 23.3 Å². The standard InChI is InChI=1S/C15H25N3O2/c1-4-18-14-5-7-17(2)11-13(14)9-12(15(18)19)10-16-6-8-20-3/h9,16H,4-8,10-11H2,1-3H3. The minimum absolute atomic E-state index is 0.153. The van der Waals surface area contributed by atoms with Gasteiger partial charge in [0.15, 0.2) is 0 Å². The van der Waals surface area contributed by atoms with Crippen molar-refractivity contribution in [1.82, 2.24) is 14.8 Å². The zero-order chi connectivity index (χ0) is 14.5. The van der Waals surface area contributed by atoms with Crippen molar-refractivity contribution in [2.75, 3.05) is 33.9 Å². The average molecular weight is 279 g/mol. The lowest BCUT2D eigenvalue weighted by molar-refractivity contribution is 0.199. The Hall–Kier alpha value is -1.17. The molecule has 0 saturated heterocycles. The number of nitrogens with one attached hydrogen (secondary N) is 1. The van der Waals surface area contributed by atoms with Crippen LogP contribution in [-0.2, 0) is 30.8 Å². The van der Waals surface area contributed by atoms with Crippen LogP contribution in [-0.4, -0.2) is 43.3 Å². The highest BCUT2D eigenvalue weighted by molar-refractivity contribution is 5.29. The van der Waals surface area contributed by atoms with Gasteiger partial charge in [-0.15, -0.1) is 0 Å². The number of likely N-dealkylation sites (N-methyl/N-ethyl adjacent to an activating group) is 1. The molecule has 20 heavy (non-hydrogen) atoms. The van der Waals surface area contributed by atoms with Crippen molar-refractivity contribution in [1.29, 1.82) is 0 Å². The maximum atomic E-state index is 12.5. The highest BCUT2D eigenvalue weighted by atomic mass is 16.5. The van der Waals surface area contributed by atoms with E-state index < -0.39 is 0 Å². The van der Waals surface area contributed by atoms with Gasteiger partial charge in [-0.3, -0.25) is 4.79 Å². The fraction of sp³-hybridized carbons (Fsp3) is 0.667. The molecule has 0 radical (unpaired) electrons. The molecule has 2 heterocycles. The van der Waals surface area contributed by atoms with Crippen LogP contribution < -0.4 is 10.9 Å². The zero-order valence-corrected chi connectivity index (χ0v) is 12.7. The molecule has 112 valence electrons. The first-order valence-electron chi connectivity index (χ1n) is 7.30. The average Bonchev–Trinajstić information content (AvgIpc) is 2.44. The summed E-state index contributed by atoms with van der Waals surface area (Å²) < 4.78 is 6.95. The lowest BCUT2D eigenvalue weighted by atomic mass is 10.0. The summed E-state index contributed by atoms with van der Waals surface area (Å²) in [5.41, 5.74) is 3.53. The maximum absolute atomic E-state index is 12.5. The van der Waals surface area contributed by atoms with Crippen molar-refractivity contribution in [3.05, 3.63) is 33.2 Å². The largest absolute Gasteiger partial charge is 0.383 e. The maximum Gasteiger partial charge on any atom is 0.255 e. The summed E-state index contributed by atoms with van der Waals surface area (Å²) in [7, 11) is 3.81. The zero-order valence-electron chi connectivity index (χ0n) is 12.7. The van der Waals surface area contributed by atoms with E-state index in [1.54, 1.807) is 7.11 Å². The third-order valence-corrected chi connectivity index (χ3v) is 3.85. The number of aromatic nitrogens is 1. The minimum atomic E-state index is 0.153. The van der Waals surface area contributed by atoms with E-state index in [0.717, 1.165) is 38.2 Å². The molecule has 5 heteroatoms. The third-order valence-electron chi connectivity index (χ3n) is 3.85. The molecule has 0 unspecified atom stereocenters. The van der Waals surface area contributed by atoms with Crippen LogP contribution in [0.3, 0.4) is 0 Å². The quantitative estimate of drug-likeness (QED) is 0.774. The molecule has 0 bridgehead atoms.